The van der Waals surface area contributed by atoms with Crippen molar-refractivity contribution in [3.8, 4) is 5.88 Å². The molecule has 2 aromatic rings. The van der Waals surface area contributed by atoms with E-state index in [0.29, 0.717) is 30.5 Å². The third-order valence-corrected chi connectivity index (χ3v) is 3.98. The van der Waals surface area contributed by atoms with E-state index >= 15 is 0 Å². The Labute approximate surface area is 138 Å². The minimum atomic E-state index is -0.268. The monoisotopic (exact) mass is 329 g/mol. The molecule has 3 rings (SSSR count). The summed E-state index contributed by atoms with van der Waals surface area (Å²) in [4.78, 5) is 36.2. The number of anilines is 1. The third-order valence-electron chi connectivity index (χ3n) is 3.98. The van der Waals surface area contributed by atoms with E-state index in [1.807, 2.05) is 0 Å². The first-order chi connectivity index (χ1) is 11.7. The van der Waals surface area contributed by atoms with Gasteiger partial charge in [0.1, 0.15) is 17.8 Å². The lowest BCUT2D eigenvalue weighted by molar-refractivity contribution is 0.0712. The number of methoxy groups -OCH3 is 1. The number of carbonyl (C=O) groups is 1. The van der Waals surface area contributed by atoms with Gasteiger partial charge in [-0.1, -0.05) is 6.07 Å². The number of hydrogen-bond acceptors (Lipinski definition) is 6. The molecule has 0 bridgehead atoms. The second-order valence-electron chi connectivity index (χ2n) is 5.59. The summed E-state index contributed by atoms with van der Waals surface area (Å²) < 4.78 is 5.08. The SMILES string of the molecule is COc1cc(NC2CCN(C(=O)c3cccc(=O)[nH]3)CC2)ncn1. The van der Waals surface area contributed by atoms with E-state index in [-0.39, 0.29) is 17.5 Å². The molecule has 0 unspecified atom stereocenters. The minimum Gasteiger partial charge on any atom is -0.481 e. The van der Waals surface area contributed by atoms with Crippen LogP contribution in [-0.4, -0.2) is 52.0 Å². The average Bonchev–Trinajstić information content (AvgIpc) is 2.62. The van der Waals surface area contributed by atoms with Crippen molar-refractivity contribution in [3.63, 3.8) is 0 Å². The number of carbonyl (C=O) groups excluding carboxylic acids is 1. The first-order valence-electron chi connectivity index (χ1n) is 7.77. The van der Waals surface area contributed by atoms with Crippen LogP contribution in [0.25, 0.3) is 0 Å². The van der Waals surface area contributed by atoms with Gasteiger partial charge >= 0.3 is 0 Å². The van der Waals surface area contributed by atoms with Crippen molar-refractivity contribution in [2.75, 3.05) is 25.5 Å². The zero-order valence-corrected chi connectivity index (χ0v) is 13.4. The molecule has 0 radical (unpaired) electrons. The largest absolute Gasteiger partial charge is 0.481 e. The molecule has 0 spiro atoms. The summed E-state index contributed by atoms with van der Waals surface area (Å²) in [5.41, 5.74) is 0.0598. The molecule has 0 aromatic carbocycles. The minimum absolute atomic E-state index is 0.144. The molecule has 2 N–H and O–H groups in total. The van der Waals surface area contributed by atoms with Crippen molar-refractivity contribution in [1.82, 2.24) is 19.9 Å². The van der Waals surface area contributed by atoms with Gasteiger partial charge in [-0.3, -0.25) is 9.59 Å². The van der Waals surface area contributed by atoms with Crippen molar-refractivity contribution in [2.45, 2.75) is 18.9 Å². The second-order valence-corrected chi connectivity index (χ2v) is 5.59. The number of rotatable bonds is 4. The number of piperidine rings is 1. The number of amides is 1. The lowest BCUT2D eigenvalue weighted by Crippen LogP contribution is -2.43. The van der Waals surface area contributed by atoms with E-state index in [1.54, 1.807) is 30.2 Å². The van der Waals surface area contributed by atoms with Crippen molar-refractivity contribution < 1.29 is 9.53 Å². The van der Waals surface area contributed by atoms with Gasteiger partial charge in [0, 0.05) is 31.3 Å². The number of likely N-dealkylation sites (tertiary alicyclic amines) is 1. The molecule has 0 aliphatic carbocycles. The number of ether oxygens (including phenoxy) is 1. The smallest absolute Gasteiger partial charge is 0.270 e. The van der Waals surface area contributed by atoms with E-state index in [1.165, 1.54) is 12.4 Å². The highest BCUT2D eigenvalue weighted by Gasteiger charge is 2.24. The van der Waals surface area contributed by atoms with Gasteiger partial charge in [0.25, 0.3) is 5.91 Å². The molecular weight excluding hydrogens is 310 g/mol. The highest BCUT2D eigenvalue weighted by atomic mass is 16.5. The number of H-pyrrole nitrogens is 1. The summed E-state index contributed by atoms with van der Waals surface area (Å²) in [7, 11) is 1.56. The Morgan fingerprint density at radius 1 is 1.33 bits per heavy atom. The van der Waals surface area contributed by atoms with Crippen molar-refractivity contribution >= 4 is 11.7 Å². The maximum Gasteiger partial charge on any atom is 0.270 e. The summed E-state index contributed by atoms with van der Waals surface area (Å²) in [5.74, 6) is 1.07. The van der Waals surface area contributed by atoms with Crippen LogP contribution in [0.1, 0.15) is 23.3 Å². The summed E-state index contributed by atoms with van der Waals surface area (Å²) in [6, 6.07) is 6.57. The van der Waals surface area contributed by atoms with Gasteiger partial charge in [0.05, 0.1) is 7.11 Å². The summed E-state index contributed by atoms with van der Waals surface area (Å²) >= 11 is 0. The molecular formula is C16H19N5O3. The summed E-state index contributed by atoms with van der Waals surface area (Å²) in [6.07, 6.45) is 3.05. The highest BCUT2D eigenvalue weighted by Crippen LogP contribution is 2.18. The van der Waals surface area contributed by atoms with Gasteiger partial charge in [0.15, 0.2) is 0 Å². The Morgan fingerprint density at radius 3 is 2.83 bits per heavy atom. The van der Waals surface area contributed by atoms with Gasteiger partial charge in [0.2, 0.25) is 11.4 Å². The Kier molecular flexibility index (Phi) is 4.74. The van der Waals surface area contributed by atoms with Crippen molar-refractivity contribution in [2.24, 2.45) is 0 Å². The Morgan fingerprint density at radius 2 is 2.12 bits per heavy atom. The van der Waals surface area contributed by atoms with Crippen molar-refractivity contribution in [3.05, 3.63) is 46.6 Å². The van der Waals surface area contributed by atoms with Crippen LogP contribution in [0.4, 0.5) is 5.82 Å². The second kappa shape index (κ2) is 7.12. The molecule has 1 amide bonds. The highest BCUT2D eigenvalue weighted by molar-refractivity contribution is 5.92. The molecule has 24 heavy (non-hydrogen) atoms. The zero-order chi connectivity index (χ0) is 16.9. The van der Waals surface area contributed by atoms with Gasteiger partial charge in [-0.15, -0.1) is 0 Å². The zero-order valence-electron chi connectivity index (χ0n) is 13.4. The number of hydrogen-bond donors (Lipinski definition) is 2. The Hall–Kier alpha value is -2.90. The third kappa shape index (κ3) is 3.70. The van der Waals surface area contributed by atoms with Gasteiger partial charge in [-0.25, -0.2) is 9.97 Å². The fraction of sp³-hybridized carbons (Fsp3) is 0.375. The fourth-order valence-electron chi connectivity index (χ4n) is 2.71. The fourth-order valence-corrected chi connectivity index (χ4v) is 2.71. The van der Waals surface area contributed by atoms with Crippen LogP contribution in [0.2, 0.25) is 0 Å². The molecule has 8 heteroatoms. The van der Waals surface area contributed by atoms with Crippen LogP contribution in [0, 0.1) is 0 Å². The predicted octanol–water partition coefficient (Wildman–Crippen LogP) is 0.890. The Balaban J connectivity index is 1.57. The molecule has 126 valence electrons. The van der Waals surface area contributed by atoms with Crippen LogP contribution in [-0.2, 0) is 0 Å². The van der Waals surface area contributed by atoms with Gasteiger partial charge < -0.3 is 19.9 Å². The first kappa shape index (κ1) is 16.0. The number of aromatic amines is 1. The van der Waals surface area contributed by atoms with Crippen molar-refractivity contribution in [1.29, 1.82) is 0 Å². The number of aromatic nitrogens is 3. The van der Waals surface area contributed by atoms with Crippen LogP contribution < -0.4 is 15.6 Å². The topological polar surface area (TPSA) is 100 Å². The maximum atomic E-state index is 12.4. The molecule has 2 aromatic heterocycles. The van der Waals surface area contributed by atoms with Crippen LogP contribution in [0.15, 0.2) is 35.4 Å². The molecule has 1 aliphatic rings. The molecule has 3 heterocycles. The summed E-state index contributed by atoms with van der Waals surface area (Å²) in [5, 5.41) is 3.34. The lowest BCUT2D eigenvalue weighted by Gasteiger charge is -2.32. The molecule has 0 saturated carbocycles. The molecule has 0 atom stereocenters. The summed E-state index contributed by atoms with van der Waals surface area (Å²) in [6.45, 7) is 1.24. The average molecular weight is 329 g/mol. The molecule has 1 saturated heterocycles. The van der Waals surface area contributed by atoms with E-state index in [0.717, 1.165) is 12.8 Å². The van der Waals surface area contributed by atoms with E-state index < -0.39 is 0 Å². The Bertz CT molecular complexity index is 768. The maximum absolute atomic E-state index is 12.4. The van der Waals surface area contributed by atoms with Gasteiger partial charge in [-0.05, 0) is 18.9 Å². The number of nitrogens with one attached hydrogen (secondary N) is 2. The number of pyridine rings is 1. The van der Waals surface area contributed by atoms with Crippen LogP contribution in [0.5, 0.6) is 5.88 Å². The van der Waals surface area contributed by atoms with E-state index in [2.05, 4.69) is 20.3 Å². The first-order valence-corrected chi connectivity index (χ1v) is 7.77. The van der Waals surface area contributed by atoms with E-state index in [9.17, 15) is 9.59 Å². The van der Waals surface area contributed by atoms with Crippen LogP contribution in [0.3, 0.4) is 0 Å². The van der Waals surface area contributed by atoms with Gasteiger partial charge in [-0.2, -0.15) is 0 Å². The molecule has 1 fully saturated rings. The predicted molar refractivity (Wildman–Crippen MR) is 88.2 cm³/mol. The lowest BCUT2D eigenvalue weighted by atomic mass is 10.0. The standard InChI is InChI=1S/C16H19N5O3/c1-24-15-9-13(17-10-18-15)19-11-5-7-21(8-6-11)16(23)12-3-2-4-14(22)20-12/h2-4,9-11H,5-8H2,1H3,(H,20,22)(H,17,18,19). The quantitative estimate of drug-likeness (QED) is 0.864. The van der Waals surface area contributed by atoms with E-state index in [4.69, 9.17) is 4.74 Å². The van der Waals surface area contributed by atoms with Crippen LogP contribution >= 0.6 is 0 Å². The molecule has 1 aliphatic heterocycles. The number of nitrogens with zero attached hydrogens (tertiary/aromatic N) is 3. The molecule has 8 nitrogen and oxygen atoms in total. The normalized spacial score (nSPS) is 15.1.